The second kappa shape index (κ2) is 5.50. The van der Waals surface area contributed by atoms with Crippen LogP contribution >= 0.6 is 0 Å². The molecule has 1 aromatic rings. The minimum absolute atomic E-state index is 0.187. The Morgan fingerprint density at radius 2 is 2.30 bits per heavy atom. The lowest BCUT2D eigenvalue weighted by atomic mass is 9.91. The molecule has 20 heavy (non-hydrogen) atoms. The zero-order valence-electron chi connectivity index (χ0n) is 11.8. The zero-order chi connectivity index (χ0) is 14.1. The third-order valence-corrected chi connectivity index (χ3v) is 4.80. The van der Waals surface area contributed by atoms with Crippen molar-refractivity contribution < 1.29 is 4.92 Å². The molecule has 2 aliphatic heterocycles. The molecule has 0 radical (unpaired) electrons. The molecule has 1 aromatic carbocycles. The van der Waals surface area contributed by atoms with Crippen LogP contribution in [0.1, 0.15) is 31.4 Å². The summed E-state index contributed by atoms with van der Waals surface area (Å²) >= 11 is 0. The number of likely N-dealkylation sites (tertiary alicyclic amines) is 1. The number of benzene rings is 1. The lowest BCUT2D eigenvalue weighted by Gasteiger charge is -2.38. The largest absolute Gasteiger partial charge is 0.314 e. The first-order valence-electron chi connectivity index (χ1n) is 7.37. The number of fused-ring (bicyclic) bond motifs is 1. The number of piperidine rings is 1. The maximum atomic E-state index is 10.9. The van der Waals surface area contributed by atoms with Crippen LogP contribution in [0.2, 0.25) is 0 Å². The summed E-state index contributed by atoms with van der Waals surface area (Å²) in [6, 6.07) is 7.98. The summed E-state index contributed by atoms with van der Waals surface area (Å²) in [5.74, 6) is 0.741. The summed E-state index contributed by atoms with van der Waals surface area (Å²) in [6.45, 7) is 5.45. The van der Waals surface area contributed by atoms with Gasteiger partial charge in [-0.1, -0.05) is 12.1 Å². The molecule has 5 heteroatoms. The van der Waals surface area contributed by atoms with Crippen molar-refractivity contribution in [1.29, 1.82) is 0 Å². The lowest BCUT2D eigenvalue weighted by molar-refractivity contribution is -0.385. The Hall–Kier alpha value is -1.46. The Bertz CT molecular complexity index is 506. The fourth-order valence-electron chi connectivity index (χ4n) is 3.54. The maximum absolute atomic E-state index is 10.9. The van der Waals surface area contributed by atoms with Gasteiger partial charge >= 0.3 is 0 Å². The molecule has 3 rings (SSSR count). The third kappa shape index (κ3) is 2.55. The zero-order valence-corrected chi connectivity index (χ0v) is 11.8. The van der Waals surface area contributed by atoms with E-state index in [-0.39, 0.29) is 16.7 Å². The summed E-state index contributed by atoms with van der Waals surface area (Å²) in [7, 11) is 0. The Balaban J connectivity index is 1.73. The molecule has 2 fully saturated rings. The molecule has 0 aliphatic carbocycles. The molecular weight excluding hydrogens is 254 g/mol. The first-order valence-corrected chi connectivity index (χ1v) is 7.37. The molecule has 0 saturated carbocycles. The van der Waals surface area contributed by atoms with Crippen LogP contribution in [-0.2, 0) is 0 Å². The molecule has 0 spiro atoms. The Morgan fingerprint density at radius 1 is 1.45 bits per heavy atom. The van der Waals surface area contributed by atoms with Gasteiger partial charge in [0, 0.05) is 37.3 Å². The van der Waals surface area contributed by atoms with Crippen LogP contribution in [0.15, 0.2) is 24.3 Å². The van der Waals surface area contributed by atoms with Crippen molar-refractivity contribution in [2.45, 2.75) is 31.8 Å². The van der Waals surface area contributed by atoms with Crippen molar-refractivity contribution in [3.8, 4) is 0 Å². The van der Waals surface area contributed by atoms with Crippen LogP contribution in [0.5, 0.6) is 0 Å². The average molecular weight is 275 g/mol. The van der Waals surface area contributed by atoms with Gasteiger partial charge in [0.15, 0.2) is 0 Å². The molecule has 0 amide bonds. The van der Waals surface area contributed by atoms with E-state index in [0.29, 0.717) is 6.04 Å². The number of nitro benzene ring substituents is 1. The molecule has 5 nitrogen and oxygen atoms in total. The number of non-ortho nitro benzene ring substituents is 1. The number of nitrogens with one attached hydrogen (secondary N) is 1. The van der Waals surface area contributed by atoms with Crippen molar-refractivity contribution in [2.75, 3.05) is 19.6 Å². The predicted molar refractivity (Wildman–Crippen MR) is 77.6 cm³/mol. The average Bonchev–Trinajstić information content (AvgIpc) is 2.94. The highest BCUT2D eigenvalue weighted by molar-refractivity contribution is 5.35. The summed E-state index contributed by atoms with van der Waals surface area (Å²) in [5, 5.41) is 14.5. The van der Waals surface area contributed by atoms with Crippen LogP contribution in [0.25, 0.3) is 0 Å². The lowest BCUT2D eigenvalue weighted by Crippen LogP contribution is -2.45. The Morgan fingerprint density at radius 3 is 3.10 bits per heavy atom. The summed E-state index contributed by atoms with van der Waals surface area (Å²) in [4.78, 5) is 13.0. The van der Waals surface area contributed by atoms with Gasteiger partial charge in [0.25, 0.3) is 5.69 Å². The van der Waals surface area contributed by atoms with Crippen LogP contribution in [0.4, 0.5) is 5.69 Å². The van der Waals surface area contributed by atoms with Crippen LogP contribution in [0, 0.1) is 16.0 Å². The van der Waals surface area contributed by atoms with E-state index in [9.17, 15) is 10.1 Å². The minimum atomic E-state index is -0.316. The SMILES string of the molecule is CC(c1cccc([N+](=O)[O-])c1)N1CCC2NCCC2C1. The maximum Gasteiger partial charge on any atom is 0.269 e. The summed E-state index contributed by atoms with van der Waals surface area (Å²) in [6.07, 6.45) is 2.44. The van der Waals surface area contributed by atoms with Crippen molar-refractivity contribution >= 4 is 5.69 Å². The fourth-order valence-corrected chi connectivity index (χ4v) is 3.54. The van der Waals surface area contributed by atoms with Gasteiger partial charge in [-0.2, -0.15) is 0 Å². The second-order valence-corrected chi connectivity index (χ2v) is 5.92. The van der Waals surface area contributed by atoms with Crippen LogP contribution in [-0.4, -0.2) is 35.5 Å². The third-order valence-electron chi connectivity index (χ3n) is 4.80. The first kappa shape index (κ1) is 13.5. The van der Waals surface area contributed by atoms with Gasteiger partial charge in [0.1, 0.15) is 0 Å². The molecule has 3 unspecified atom stereocenters. The number of rotatable bonds is 3. The van der Waals surface area contributed by atoms with Gasteiger partial charge in [-0.05, 0) is 37.8 Å². The van der Waals surface area contributed by atoms with Crippen molar-refractivity contribution in [2.24, 2.45) is 5.92 Å². The Kier molecular flexibility index (Phi) is 3.72. The molecule has 3 atom stereocenters. The molecule has 0 aromatic heterocycles. The summed E-state index contributed by atoms with van der Waals surface area (Å²) < 4.78 is 0. The van der Waals surface area contributed by atoms with E-state index >= 15 is 0 Å². The first-order chi connectivity index (χ1) is 9.65. The molecule has 2 aliphatic rings. The van der Waals surface area contributed by atoms with Crippen molar-refractivity contribution in [3.05, 3.63) is 39.9 Å². The molecule has 1 N–H and O–H groups in total. The number of nitro groups is 1. The number of hydrogen-bond donors (Lipinski definition) is 1. The van der Waals surface area contributed by atoms with E-state index in [4.69, 9.17) is 0 Å². The highest BCUT2D eigenvalue weighted by atomic mass is 16.6. The summed E-state index contributed by atoms with van der Waals surface area (Å²) in [5.41, 5.74) is 1.23. The van der Waals surface area contributed by atoms with E-state index in [1.54, 1.807) is 18.2 Å². The van der Waals surface area contributed by atoms with E-state index in [2.05, 4.69) is 17.1 Å². The van der Waals surface area contributed by atoms with Gasteiger partial charge in [-0.15, -0.1) is 0 Å². The number of nitrogens with zero attached hydrogens (tertiary/aromatic N) is 2. The smallest absolute Gasteiger partial charge is 0.269 e. The normalized spacial score (nSPS) is 28.1. The highest BCUT2D eigenvalue weighted by Crippen LogP contribution is 2.31. The van der Waals surface area contributed by atoms with Gasteiger partial charge in [0.05, 0.1) is 4.92 Å². The monoisotopic (exact) mass is 275 g/mol. The van der Waals surface area contributed by atoms with Gasteiger partial charge < -0.3 is 5.32 Å². The van der Waals surface area contributed by atoms with Crippen LogP contribution < -0.4 is 5.32 Å². The van der Waals surface area contributed by atoms with Gasteiger partial charge in [-0.3, -0.25) is 15.0 Å². The highest BCUT2D eigenvalue weighted by Gasteiger charge is 2.34. The predicted octanol–water partition coefficient (Wildman–Crippen LogP) is 2.34. The van der Waals surface area contributed by atoms with E-state index in [1.807, 2.05) is 6.07 Å². The van der Waals surface area contributed by atoms with E-state index in [1.165, 1.54) is 12.8 Å². The van der Waals surface area contributed by atoms with E-state index in [0.717, 1.165) is 31.1 Å². The standard InChI is InChI=1S/C15H21N3O2/c1-11(12-3-2-4-14(9-12)18(19)20)17-8-6-15-13(10-17)5-7-16-15/h2-4,9,11,13,15-16H,5-8,10H2,1H3. The minimum Gasteiger partial charge on any atom is -0.314 e. The molecule has 2 heterocycles. The second-order valence-electron chi connectivity index (χ2n) is 5.92. The molecule has 0 bridgehead atoms. The molecule has 108 valence electrons. The molecule has 2 saturated heterocycles. The van der Waals surface area contributed by atoms with E-state index < -0.39 is 0 Å². The van der Waals surface area contributed by atoms with Gasteiger partial charge in [0.2, 0.25) is 0 Å². The van der Waals surface area contributed by atoms with Crippen LogP contribution in [0.3, 0.4) is 0 Å². The molecular formula is C15H21N3O2. The number of hydrogen-bond acceptors (Lipinski definition) is 4. The van der Waals surface area contributed by atoms with Crippen molar-refractivity contribution in [3.63, 3.8) is 0 Å². The Labute approximate surface area is 119 Å². The fraction of sp³-hybridized carbons (Fsp3) is 0.600. The topological polar surface area (TPSA) is 58.4 Å². The van der Waals surface area contributed by atoms with Gasteiger partial charge in [-0.25, -0.2) is 0 Å². The quantitative estimate of drug-likeness (QED) is 0.679. The van der Waals surface area contributed by atoms with Crippen molar-refractivity contribution in [1.82, 2.24) is 10.2 Å².